The molecule has 1 saturated heterocycles. The van der Waals surface area contributed by atoms with E-state index in [1.54, 1.807) is 15.9 Å². The molecule has 1 N–H and O–H groups in total. The van der Waals surface area contributed by atoms with Crippen LogP contribution in [0.5, 0.6) is 0 Å². The van der Waals surface area contributed by atoms with E-state index in [0.717, 1.165) is 30.6 Å². The van der Waals surface area contributed by atoms with Crippen molar-refractivity contribution in [3.63, 3.8) is 0 Å². The van der Waals surface area contributed by atoms with Crippen molar-refractivity contribution in [3.05, 3.63) is 28.8 Å². The Balaban J connectivity index is 1.98. The third kappa shape index (κ3) is 3.78. The van der Waals surface area contributed by atoms with E-state index < -0.39 is 0 Å². The third-order valence-electron chi connectivity index (χ3n) is 3.81. The molecular weight excluding hydrogens is 302 g/mol. The molecule has 120 valence electrons. The van der Waals surface area contributed by atoms with Crippen LogP contribution in [0.4, 0.5) is 5.69 Å². The zero-order valence-corrected chi connectivity index (χ0v) is 13.8. The predicted molar refractivity (Wildman–Crippen MR) is 88.0 cm³/mol. The first-order chi connectivity index (χ1) is 10.5. The molecule has 0 unspecified atom stereocenters. The standard InChI is InChI=1S/C16H22ClN3O2/c1-3-4-8-18-9-15(21)19-10-16(22)20(11-19)14-7-5-6-13(17)12(14)2/h5-7,18H,3-4,8-11H2,1-2H3. The molecule has 1 aromatic rings. The normalized spacial score (nSPS) is 14.8. The fourth-order valence-electron chi connectivity index (χ4n) is 2.42. The van der Waals surface area contributed by atoms with Crippen molar-refractivity contribution in [2.45, 2.75) is 26.7 Å². The van der Waals surface area contributed by atoms with Crippen molar-refractivity contribution < 1.29 is 9.59 Å². The van der Waals surface area contributed by atoms with Crippen molar-refractivity contribution in [2.24, 2.45) is 0 Å². The third-order valence-corrected chi connectivity index (χ3v) is 4.21. The van der Waals surface area contributed by atoms with Gasteiger partial charge in [0, 0.05) is 10.7 Å². The summed E-state index contributed by atoms with van der Waals surface area (Å²) in [6.45, 7) is 5.49. The van der Waals surface area contributed by atoms with Crippen LogP contribution >= 0.6 is 11.6 Å². The summed E-state index contributed by atoms with van der Waals surface area (Å²) >= 11 is 6.11. The number of hydrogen-bond acceptors (Lipinski definition) is 3. The first-order valence-corrected chi connectivity index (χ1v) is 7.96. The van der Waals surface area contributed by atoms with Crippen LogP contribution in [0, 0.1) is 6.92 Å². The number of amides is 2. The molecule has 2 rings (SSSR count). The Bertz CT molecular complexity index is 562. The van der Waals surface area contributed by atoms with E-state index >= 15 is 0 Å². The van der Waals surface area contributed by atoms with E-state index in [0.29, 0.717) is 5.02 Å². The van der Waals surface area contributed by atoms with Gasteiger partial charge in [0.15, 0.2) is 0 Å². The smallest absolute Gasteiger partial charge is 0.248 e. The molecule has 0 radical (unpaired) electrons. The Morgan fingerprint density at radius 2 is 2.18 bits per heavy atom. The number of carbonyl (C=O) groups excluding carboxylic acids is 2. The van der Waals surface area contributed by atoms with Crippen molar-refractivity contribution in [3.8, 4) is 0 Å². The van der Waals surface area contributed by atoms with Crippen molar-refractivity contribution in [1.29, 1.82) is 0 Å². The van der Waals surface area contributed by atoms with Gasteiger partial charge in [0.1, 0.15) is 13.2 Å². The molecule has 1 heterocycles. The molecule has 0 saturated carbocycles. The Kier molecular flexibility index (Phi) is 5.80. The zero-order valence-electron chi connectivity index (χ0n) is 13.1. The summed E-state index contributed by atoms with van der Waals surface area (Å²) in [5.41, 5.74) is 1.62. The zero-order chi connectivity index (χ0) is 16.1. The van der Waals surface area contributed by atoms with Crippen molar-refractivity contribution in [2.75, 3.05) is 31.2 Å². The number of nitrogens with one attached hydrogen (secondary N) is 1. The highest BCUT2D eigenvalue weighted by Gasteiger charge is 2.32. The van der Waals surface area contributed by atoms with Gasteiger partial charge in [0.05, 0.1) is 6.54 Å². The number of hydrogen-bond donors (Lipinski definition) is 1. The van der Waals surface area contributed by atoms with Crippen LogP contribution in [0.1, 0.15) is 25.3 Å². The Labute approximate surface area is 136 Å². The van der Waals surface area contributed by atoms with Crippen molar-refractivity contribution >= 4 is 29.1 Å². The molecule has 2 amide bonds. The second-order valence-corrected chi connectivity index (χ2v) is 5.88. The largest absolute Gasteiger partial charge is 0.314 e. The van der Waals surface area contributed by atoms with Crippen LogP contribution < -0.4 is 10.2 Å². The van der Waals surface area contributed by atoms with Gasteiger partial charge in [-0.3, -0.25) is 14.5 Å². The van der Waals surface area contributed by atoms with Gasteiger partial charge in [-0.2, -0.15) is 0 Å². The fraction of sp³-hybridized carbons (Fsp3) is 0.500. The fourth-order valence-corrected chi connectivity index (χ4v) is 2.59. The van der Waals surface area contributed by atoms with Gasteiger partial charge in [-0.1, -0.05) is 31.0 Å². The summed E-state index contributed by atoms with van der Waals surface area (Å²) in [6.07, 6.45) is 2.13. The van der Waals surface area contributed by atoms with E-state index in [4.69, 9.17) is 11.6 Å². The summed E-state index contributed by atoms with van der Waals surface area (Å²) in [5.74, 6) is -0.126. The number of carbonyl (C=O) groups is 2. The van der Waals surface area contributed by atoms with Gasteiger partial charge >= 0.3 is 0 Å². The molecule has 6 heteroatoms. The van der Waals surface area contributed by atoms with E-state index in [2.05, 4.69) is 12.2 Å². The van der Waals surface area contributed by atoms with Gasteiger partial charge in [-0.15, -0.1) is 0 Å². The van der Waals surface area contributed by atoms with Crippen LogP contribution in [0.25, 0.3) is 0 Å². The molecule has 1 aromatic carbocycles. The molecule has 5 nitrogen and oxygen atoms in total. The lowest BCUT2D eigenvalue weighted by atomic mass is 10.2. The average molecular weight is 324 g/mol. The second kappa shape index (κ2) is 7.61. The van der Waals surface area contributed by atoms with E-state index in [1.807, 2.05) is 19.1 Å². The monoisotopic (exact) mass is 323 g/mol. The summed E-state index contributed by atoms with van der Waals surface area (Å²) in [7, 11) is 0. The van der Waals surface area contributed by atoms with Crippen LogP contribution in [0.2, 0.25) is 5.02 Å². The summed E-state index contributed by atoms with van der Waals surface area (Å²) < 4.78 is 0. The van der Waals surface area contributed by atoms with Crippen LogP contribution in [0.15, 0.2) is 18.2 Å². The number of nitrogens with zero attached hydrogens (tertiary/aromatic N) is 2. The Morgan fingerprint density at radius 1 is 1.41 bits per heavy atom. The van der Waals surface area contributed by atoms with Crippen molar-refractivity contribution in [1.82, 2.24) is 10.2 Å². The summed E-state index contributed by atoms with van der Waals surface area (Å²) in [5, 5.41) is 3.73. The number of halogens is 1. The molecule has 0 atom stereocenters. The minimum atomic E-state index is -0.0766. The molecule has 0 spiro atoms. The minimum absolute atomic E-state index is 0.0494. The number of rotatable bonds is 6. The second-order valence-electron chi connectivity index (χ2n) is 5.47. The topological polar surface area (TPSA) is 52.7 Å². The SMILES string of the molecule is CCCCNCC(=O)N1CC(=O)N(c2cccc(Cl)c2C)C1. The maximum atomic E-state index is 12.2. The van der Waals surface area contributed by atoms with E-state index in [-0.39, 0.29) is 31.6 Å². The highest BCUT2D eigenvalue weighted by atomic mass is 35.5. The number of unbranched alkanes of at least 4 members (excludes halogenated alkanes) is 1. The lowest BCUT2D eigenvalue weighted by Crippen LogP contribution is -2.38. The van der Waals surface area contributed by atoms with Crippen LogP contribution in [-0.4, -0.2) is 43.0 Å². The quantitative estimate of drug-likeness (QED) is 0.816. The Hall–Kier alpha value is -1.59. The lowest BCUT2D eigenvalue weighted by Gasteiger charge is -2.20. The molecular formula is C16H22ClN3O2. The molecule has 1 aliphatic rings. The summed E-state index contributed by atoms with van der Waals surface area (Å²) in [6, 6.07) is 5.46. The van der Waals surface area contributed by atoms with Crippen LogP contribution in [0.3, 0.4) is 0 Å². The highest BCUT2D eigenvalue weighted by molar-refractivity contribution is 6.31. The molecule has 0 aliphatic carbocycles. The predicted octanol–water partition coefficient (Wildman–Crippen LogP) is 2.17. The van der Waals surface area contributed by atoms with Crippen LogP contribution in [-0.2, 0) is 9.59 Å². The minimum Gasteiger partial charge on any atom is -0.314 e. The maximum absolute atomic E-state index is 12.2. The van der Waals surface area contributed by atoms with Gasteiger partial charge in [0.25, 0.3) is 0 Å². The first kappa shape index (κ1) is 16.8. The van der Waals surface area contributed by atoms with Gasteiger partial charge < -0.3 is 10.2 Å². The van der Waals surface area contributed by atoms with Gasteiger partial charge in [-0.25, -0.2) is 0 Å². The van der Waals surface area contributed by atoms with E-state index in [9.17, 15) is 9.59 Å². The summed E-state index contributed by atoms with van der Waals surface area (Å²) in [4.78, 5) is 27.5. The first-order valence-electron chi connectivity index (χ1n) is 7.58. The van der Waals surface area contributed by atoms with E-state index in [1.165, 1.54) is 0 Å². The Morgan fingerprint density at radius 3 is 2.91 bits per heavy atom. The average Bonchev–Trinajstić information content (AvgIpc) is 2.88. The molecule has 0 bridgehead atoms. The maximum Gasteiger partial charge on any atom is 0.248 e. The van der Waals surface area contributed by atoms with Gasteiger partial charge in [-0.05, 0) is 37.6 Å². The molecule has 0 aromatic heterocycles. The number of anilines is 1. The number of benzene rings is 1. The highest BCUT2D eigenvalue weighted by Crippen LogP contribution is 2.28. The molecule has 1 fully saturated rings. The lowest BCUT2D eigenvalue weighted by molar-refractivity contribution is -0.130. The molecule has 22 heavy (non-hydrogen) atoms. The van der Waals surface area contributed by atoms with Gasteiger partial charge in [0.2, 0.25) is 11.8 Å². The molecule has 1 aliphatic heterocycles.